The van der Waals surface area contributed by atoms with Crippen molar-refractivity contribution < 1.29 is 28.2 Å². The van der Waals surface area contributed by atoms with Crippen molar-refractivity contribution in [3.05, 3.63) is 70.1 Å². The van der Waals surface area contributed by atoms with Crippen LogP contribution in [0.5, 0.6) is 11.5 Å². The molecule has 1 amide bonds. The summed E-state index contributed by atoms with van der Waals surface area (Å²) in [5.41, 5.74) is 0.665. The van der Waals surface area contributed by atoms with Gasteiger partial charge in [0.25, 0.3) is 5.91 Å². The molecule has 0 unspecified atom stereocenters. The third-order valence-electron chi connectivity index (χ3n) is 5.04. The highest BCUT2D eigenvalue weighted by Gasteiger charge is 2.26. The number of carbonyl (C=O) groups is 2. The fourth-order valence-electron chi connectivity index (χ4n) is 3.29. The number of ether oxygens (including phenoxy) is 3. The summed E-state index contributed by atoms with van der Waals surface area (Å²) in [6.07, 6.45) is 0. The maximum atomic E-state index is 12.8. The topological polar surface area (TPSA) is 104 Å². The third kappa shape index (κ3) is 5.91. The number of hydrogen-bond donors (Lipinski definition) is 1. The van der Waals surface area contributed by atoms with Gasteiger partial charge in [-0.1, -0.05) is 13.8 Å². The molecule has 1 heterocycles. The van der Waals surface area contributed by atoms with Crippen LogP contribution in [-0.4, -0.2) is 31.6 Å². The van der Waals surface area contributed by atoms with Gasteiger partial charge >= 0.3 is 11.6 Å². The lowest BCUT2D eigenvalue weighted by Crippen LogP contribution is -2.45. The molecule has 174 valence electrons. The van der Waals surface area contributed by atoms with Crippen LogP contribution in [0.15, 0.2) is 57.7 Å². The molecule has 8 nitrogen and oxygen atoms in total. The maximum Gasteiger partial charge on any atom is 0.336 e. The number of esters is 1. The Morgan fingerprint density at radius 2 is 1.73 bits per heavy atom. The molecule has 1 N–H and O–H groups in total. The van der Waals surface area contributed by atoms with Gasteiger partial charge in [-0.3, -0.25) is 4.79 Å². The Morgan fingerprint density at radius 3 is 2.36 bits per heavy atom. The number of hydrogen-bond acceptors (Lipinski definition) is 7. The predicted molar refractivity (Wildman–Crippen MR) is 123 cm³/mol. The van der Waals surface area contributed by atoms with Gasteiger partial charge in [0.2, 0.25) is 0 Å². The van der Waals surface area contributed by atoms with Gasteiger partial charge in [0.15, 0.2) is 0 Å². The lowest BCUT2D eigenvalue weighted by Gasteiger charge is -2.21. The van der Waals surface area contributed by atoms with Crippen molar-refractivity contribution >= 4 is 22.8 Å². The average molecular weight is 453 g/mol. The zero-order chi connectivity index (χ0) is 24.0. The summed E-state index contributed by atoms with van der Waals surface area (Å²) in [5, 5.41) is 3.36. The van der Waals surface area contributed by atoms with Gasteiger partial charge in [-0.05, 0) is 49.2 Å². The van der Waals surface area contributed by atoms with Crippen LogP contribution in [0.2, 0.25) is 0 Å². The van der Waals surface area contributed by atoms with Crippen molar-refractivity contribution in [2.75, 3.05) is 13.7 Å². The van der Waals surface area contributed by atoms with Gasteiger partial charge < -0.3 is 23.9 Å². The average Bonchev–Trinajstić information content (AvgIpc) is 2.80. The molecule has 8 heteroatoms. The fraction of sp³-hybridized carbons (Fsp3) is 0.320. The van der Waals surface area contributed by atoms with E-state index in [2.05, 4.69) is 5.32 Å². The number of amides is 1. The van der Waals surface area contributed by atoms with Gasteiger partial charge in [-0.25, -0.2) is 9.59 Å². The Bertz CT molecular complexity index is 1180. The number of carbonyl (C=O) groups excluding carboxylic acids is 2. The van der Waals surface area contributed by atoms with Crippen LogP contribution in [0.4, 0.5) is 0 Å². The van der Waals surface area contributed by atoms with Crippen LogP contribution in [0.25, 0.3) is 11.0 Å². The monoisotopic (exact) mass is 453 g/mol. The van der Waals surface area contributed by atoms with Gasteiger partial charge in [0, 0.05) is 28.6 Å². The van der Waals surface area contributed by atoms with Crippen LogP contribution in [0.1, 0.15) is 36.7 Å². The first-order valence-corrected chi connectivity index (χ1v) is 10.6. The molecular weight excluding hydrogens is 426 g/mol. The van der Waals surface area contributed by atoms with E-state index >= 15 is 0 Å². The molecule has 0 saturated heterocycles. The SMILES string of the molecule is CCOc1ccc(C(=O)N[C@H](C(=O)OCc2cc(=O)oc3cc(OC)ccc23)C(C)C)cc1. The van der Waals surface area contributed by atoms with E-state index in [0.717, 1.165) is 0 Å². The second-order valence-electron chi connectivity index (χ2n) is 7.71. The third-order valence-corrected chi connectivity index (χ3v) is 5.04. The zero-order valence-electron chi connectivity index (χ0n) is 19.0. The van der Waals surface area contributed by atoms with Crippen molar-refractivity contribution in [2.24, 2.45) is 5.92 Å². The molecule has 0 bridgehead atoms. The molecule has 0 radical (unpaired) electrons. The molecule has 0 aliphatic heterocycles. The van der Waals surface area contributed by atoms with E-state index in [4.69, 9.17) is 18.6 Å². The summed E-state index contributed by atoms with van der Waals surface area (Å²) in [4.78, 5) is 37.4. The number of fused-ring (bicyclic) bond motifs is 1. The summed E-state index contributed by atoms with van der Waals surface area (Å²) < 4.78 is 21.2. The summed E-state index contributed by atoms with van der Waals surface area (Å²) in [5.74, 6) is -0.0143. The summed E-state index contributed by atoms with van der Waals surface area (Å²) in [7, 11) is 1.51. The Balaban J connectivity index is 1.72. The van der Waals surface area contributed by atoms with Crippen molar-refractivity contribution in [1.82, 2.24) is 5.32 Å². The molecule has 3 aromatic rings. The Hall–Kier alpha value is -3.81. The molecule has 33 heavy (non-hydrogen) atoms. The lowest BCUT2D eigenvalue weighted by atomic mass is 10.0. The predicted octanol–water partition coefficient (Wildman–Crippen LogP) is 3.70. The van der Waals surface area contributed by atoms with Crippen molar-refractivity contribution in [1.29, 1.82) is 0 Å². The van der Waals surface area contributed by atoms with E-state index in [1.54, 1.807) is 42.5 Å². The molecule has 1 atom stereocenters. The molecule has 0 fully saturated rings. The first-order chi connectivity index (χ1) is 15.8. The van der Waals surface area contributed by atoms with E-state index in [1.807, 2.05) is 20.8 Å². The zero-order valence-corrected chi connectivity index (χ0v) is 19.0. The molecule has 0 aliphatic carbocycles. The Morgan fingerprint density at radius 1 is 1.03 bits per heavy atom. The first kappa shape index (κ1) is 23.8. The quantitative estimate of drug-likeness (QED) is 0.389. The Labute approximate surface area is 191 Å². The van der Waals surface area contributed by atoms with Crippen LogP contribution in [0.3, 0.4) is 0 Å². The summed E-state index contributed by atoms with van der Waals surface area (Å²) in [6, 6.07) is 12.1. The maximum absolute atomic E-state index is 12.8. The molecule has 0 spiro atoms. The smallest absolute Gasteiger partial charge is 0.336 e. The number of methoxy groups -OCH3 is 1. The molecule has 0 aliphatic rings. The summed E-state index contributed by atoms with van der Waals surface area (Å²) in [6.45, 7) is 5.88. The van der Waals surface area contributed by atoms with Crippen molar-refractivity contribution in [3.8, 4) is 11.5 Å². The minimum Gasteiger partial charge on any atom is -0.497 e. The summed E-state index contributed by atoms with van der Waals surface area (Å²) >= 11 is 0. The van der Waals surface area contributed by atoms with Gasteiger partial charge in [-0.15, -0.1) is 0 Å². The van der Waals surface area contributed by atoms with Gasteiger partial charge in [-0.2, -0.15) is 0 Å². The molecule has 3 rings (SSSR count). The normalized spacial score (nSPS) is 11.8. The number of benzene rings is 2. The highest BCUT2D eigenvalue weighted by Crippen LogP contribution is 2.23. The van der Waals surface area contributed by atoms with Crippen molar-refractivity contribution in [2.45, 2.75) is 33.4 Å². The van der Waals surface area contributed by atoms with Crippen LogP contribution in [-0.2, 0) is 16.1 Å². The van der Waals surface area contributed by atoms with E-state index in [1.165, 1.54) is 13.2 Å². The lowest BCUT2D eigenvalue weighted by molar-refractivity contribution is -0.148. The minimum atomic E-state index is -0.865. The van der Waals surface area contributed by atoms with E-state index in [-0.39, 0.29) is 12.5 Å². The van der Waals surface area contributed by atoms with Gasteiger partial charge in [0.1, 0.15) is 29.7 Å². The second-order valence-corrected chi connectivity index (χ2v) is 7.71. The molecule has 2 aromatic carbocycles. The number of rotatable bonds is 9. The Kier molecular flexibility index (Phi) is 7.71. The fourth-order valence-corrected chi connectivity index (χ4v) is 3.29. The standard InChI is InChI=1S/C25H27NO7/c1-5-31-18-8-6-16(7-9-18)24(28)26-23(15(2)3)25(29)32-14-17-12-22(27)33-21-13-19(30-4)10-11-20(17)21/h6-13,15,23H,5,14H2,1-4H3,(H,26,28)/t23-/m0/s1. The highest BCUT2D eigenvalue weighted by molar-refractivity contribution is 5.97. The highest BCUT2D eigenvalue weighted by atomic mass is 16.5. The first-order valence-electron chi connectivity index (χ1n) is 10.6. The molecular formula is C25H27NO7. The second kappa shape index (κ2) is 10.7. The molecule has 0 saturated carbocycles. The molecule has 1 aromatic heterocycles. The van der Waals surface area contributed by atoms with E-state index in [9.17, 15) is 14.4 Å². The van der Waals surface area contributed by atoms with Gasteiger partial charge in [0.05, 0.1) is 13.7 Å². The van der Waals surface area contributed by atoms with E-state index < -0.39 is 23.5 Å². The van der Waals surface area contributed by atoms with Crippen molar-refractivity contribution in [3.63, 3.8) is 0 Å². The number of nitrogens with one attached hydrogen (secondary N) is 1. The van der Waals surface area contributed by atoms with Crippen LogP contribution >= 0.6 is 0 Å². The minimum absolute atomic E-state index is 0.143. The van der Waals surface area contributed by atoms with Crippen LogP contribution in [0, 0.1) is 5.92 Å². The van der Waals surface area contributed by atoms with E-state index in [0.29, 0.717) is 40.2 Å². The largest absolute Gasteiger partial charge is 0.497 e. The van der Waals surface area contributed by atoms with Crippen LogP contribution < -0.4 is 20.4 Å².